The molecule has 0 spiro atoms. The van der Waals surface area contributed by atoms with Crippen molar-refractivity contribution in [3.63, 3.8) is 0 Å². The molecule has 0 saturated carbocycles. The molecule has 6 atom stereocenters. The Morgan fingerprint density at radius 1 is 1.00 bits per heavy atom. The summed E-state index contributed by atoms with van der Waals surface area (Å²) in [6.45, 7) is 6.55. The van der Waals surface area contributed by atoms with Gasteiger partial charge in [-0.3, -0.25) is 28.7 Å². The third kappa shape index (κ3) is 8.79. The van der Waals surface area contributed by atoms with Crippen molar-refractivity contribution in [3.8, 4) is 5.75 Å². The molecule has 2 N–H and O–H groups in total. The molecule has 2 aromatic heterocycles. The van der Waals surface area contributed by atoms with Crippen LogP contribution in [-0.2, 0) is 29.8 Å². The van der Waals surface area contributed by atoms with Gasteiger partial charge in [-0.25, -0.2) is 5.09 Å². The predicted molar refractivity (Wildman–Crippen MR) is 211 cm³/mol. The topological polar surface area (TPSA) is 147 Å². The van der Waals surface area contributed by atoms with Crippen LogP contribution in [0.1, 0.15) is 86.0 Å². The van der Waals surface area contributed by atoms with Crippen LogP contribution in [-0.4, -0.2) is 81.8 Å². The van der Waals surface area contributed by atoms with Crippen molar-refractivity contribution in [2.75, 3.05) is 13.1 Å². The largest absolute Gasteiger partial charge is 0.462 e. The van der Waals surface area contributed by atoms with Gasteiger partial charge in [0.1, 0.15) is 23.9 Å². The number of carbonyl (C=O) groups is 4. The van der Waals surface area contributed by atoms with Gasteiger partial charge in [0.15, 0.2) is 0 Å². The number of pyridine rings is 1. The van der Waals surface area contributed by atoms with E-state index in [1.807, 2.05) is 54.4 Å². The normalized spacial score (nSPS) is 22.2. The standard InChI is InChI=1S/C41H48N5O7PS/c1-4-26(2)52-41(50)27(3)44-54(51,53-33-12-6-5-7-13-33)25-28-15-18-36-30(20-28)21-37(55-36)38(47)43-34-14-8-11-32-16-17-35(46(32)39(34)48)40(49)45-23-31(24-45)29-10-9-19-42-22-29/h5-7,9-10,12-13,15,18-22,26-27,31-32,34-35H,4,8,11,14,16-17,23-25H2,1-3H3,(H,43,47)(H,44,51)/t26-,27-,32-,34-,35-,54?/m0/s1. The van der Waals surface area contributed by atoms with Gasteiger partial charge in [-0.05, 0) is 105 Å². The summed E-state index contributed by atoms with van der Waals surface area (Å²) in [4.78, 5) is 62.5. The molecular formula is C41H48N5O7PS. The quantitative estimate of drug-likeness (QED) is 0.112. The summed E-state index contributed by atoms with van der Waals surface area (Å²) in [5.41, 5.74) is 1.80. The zero-order chi connectivity index (χ0) is 38.7. The Morgan fingerprint density at radius 2 is 1.80 bits per heavy atom. The Kier molecular flexibility index (Phi) is 11.7. The Balaban J connectivity index is 1.02. The summed E-state index contributed by atoms with van der Waals surface area (Å²) < 4.78 is 26.7. The number of nitrogens with zero attached hydrogens (tertiary/aromatic N) is 3. The van der Waals surface area contributed by atoms with Crippen molar-refractivity contribution in [2.24, 2.45) is 0 Å². The van der Waals surface area contributed by atoms with Crippen LogP contribution in [0.25, 0.3) is 10.1 Å². The molecule has 3 fully saturated rings. The molecular weight excluding hydrogens is 738 g/mol. The van der Waals surface area contributed by atoms with Crippen molar-refractivity contribution in [1.82, 2.24) is 25.2 Å². The minimum absolute atomic E-state index is 0.00799. The lowest BCUT2D eigenvalue weighted by molar-refractivity contribution is -0.150. The van der Waals surface area contributed by atoms with Gasteiger partial charge in [-0.1, -0.05) is 37.3 Å². The van der Waals surface area contributed by atoms with Gasteiger partial charge < -0.3 is 24.4 Å². The van der Waals surface area contributed by atoms with Crippen LogP contribution in [0, 0.1) is 0 Å². The number of amides is 3. The highest BCUT2D eigenvalue weighted by Gasteiger charge is 2.47. The molecule has 0 bridgehead atoms. The molecule has 2 aromatic carbocycles. The van der Waals surface area contributed by atoms with Crippen LogP contribution in [0.4, 0.5) is 0 Å². The fourth-order valence-electron chi connectivity index (χ4n) is 7.69. The van der Waals surface area contributed by atoms with E-state index in [4.69, 9.17) is 9.26 Å². The lowest BCUT2D eigenvalue weighted by Crippen LogP contribution is -2.58. The number of esters is 1. The molecule has 3 aliphatic heterocycles. The van der Waals surface area contributed by atoms with Crippen LogP contribution in [0.15, 0.2) is 79.1 Å². The zero-order valence-electron chi connectivity index (χ0n) is 31.4. The molecule has 5 heterocycles. The molecule has 3 saturated heterocycles. The maximum absolute atomic E-state index is 14.4. The van der Waals surface area contributed by atoms with E-state index in [1.165, 1.54) is 11.3 Å². The van der Waals surface area contributed by atoms with Gasteiger partial charge in [0.2, 0.25) is 11.8 Å². The van der Waals surface area contributed by atoms with E-state index >= 15 is 0 Å². The van der Waals surface area contributed by atoms with Gasteiger partial charge in [-0.2, -0.15) is 0 Å². The van der Waals surface area contributed by atoms with Crippen LogP contribution in [0.5, 0.6) is 5.75 Å². The summed E-state index contributed by atoms with van der Waals surface area (Å²) in [6.07, 6.45) is 7.42. The highest BCUT2D eigenvalue weighted by Crippen LogP contribution is 2.47. The second-order valence-electron chi connectivity index (χ2n) is 14.9. The molecule has 0 aliphatic carbocycles. The first-order chi connectivity index (χ1) is 26.5. The van der Waals surface area contributed by atoms with Crippen molar-refractivity contribution in [2.45, 2.75) is 102 Å². The number of aromatic nitrogens is 1. The van der Waals surface area contributed by atoms with Crippen LogP contribution >= 0.6 is 18.9 Å². The maximum Gasteiger partial charge on any atom is 0.323 e. The molecule has 14 heteroatoms. The van der Waals surface area contributed by atoms with Crippen molar-refractivity contribution >= 4 is 52.6 Å². The van der Waals surface area contributed by atoms with Gasteiger partial charge in [0.05, 0.1) is 17.1 Å². The number of hydrogen-bond donors (Lipinski definition) is 2. The number of rotatable bonds is 13. The minimum Gasteiger partial charge on any atom is -0.462 e. The number of nitrogens with one attached hydrogen (secondary N) is 2. The second-order valence-corrected chi connectivity index (χ2v) is 18.1. The Labute approximate surface area is 325 Å². The number of benzene rings is 2. The van der Waals surface area contributed by atoms with Crippen molar-refractivity contribution < 1.29 is 33.0 Å². The lowest BCUT2D eigenvalue weighted by Gasteiger charge is -2.42. The number of fused-ring (bicyclic) bond motifs is 2. The Hall–Kier alpha value is -4.58. The van der Waals surface area contributed by atoms with E-state index in [0.717, 1.165) is 34.9 Å². The van der Waals surface area contributed by atoms with Crippen molar-refractivity contribution in [1.29, 1.82) is 0 Å². The lowest BCUT2D eigenvalue weighted by atomic mass is 9.92. The molecule has 7 rings (SSSR count). The van der Waals surface area contributed by atoms with E-state index in [9.17, 15) is 23.7 Å². The predicted octanol–water partition coefficient (Wildman–Crippen LogP) is 6.66. The number of thiophene rings is 1. The first-order valence-electron chi connectivity index (χ1n) is 19.2. The van der Waals surface area contributed by atoms with E-state index in [-0.39, 0.29) is 41.9 Å². The molecule has 4 aromatic rings. The molecule has 12 nitrogen and oxygen atoms in total. The number of carbonyl (C=O) groups excluding carboxylic acids is 4. The number of para-hydroxylation sites is 1. The van der Waals surface area contributed by atoms with Crippen molar-refractivity contribution in [3.05, 3.63) is 95.1 Å². The number of ether oxygens (including phenoxy) is 1. The fourth-order valence-corrected chi connectivity index (χ4v) is 10.7. The van der Waals surface area contributed by atoms with Gasteiger partial charge in [-0.15, -0.1) is 11.3 Å². The monoisotopic (exact) mass is 785 g/mol. The zero-order valence-corrected chi connectivity index (χ0v) is 33.1. The summed E-state index contributed by atoms with van der Waals surface area (Å²) in [5, 5.41) is 6.71. The van der Waals surface area contributed by atoms with Gasteiger partial charge in [0, 0.05) is 42.1 Å². The molecule has 55 heavy (non-hydrogen) atoms. The molecule has 0 radical (unpaired) electrons. The summed E-state index contributed by atoms with van der Waals surface area (Å²) in [6, 6.07) is 17.9. The molecule has 3 aliphatic rings. The summed E-state index contributed by atoms with van der Waals surface area (Å²) >= 11 is 1.31. The van der Waals surface area contributed by atoms with Gasteiger partial charge >= 0.3 is 13.5 Å². The average Bonchev–Trinajstić information content (AvgIpc) is 3.75. The first kappa shape index (κ1) is 38.7. The van der Waals surface area contributed by atoms with Crippen LogP contribution < -0.4 is 14.9 Å². The summed E-state index contributed by atoms with van der Waals surface area (Å²) in [7, 11) is -3.69. The first-order valence-corrected chi connectivity index (χ1v) is 21.8. The SMILES string of the molecule is CC[C@H](C)OC(=O)[C@H](C)NP(=O)(Cc1ccc2sc(C(=O)N[C@H]3CCC[C@H]4CC[C@@H](C(=O)N5CC(c6cccnc6)C5)N4C3=O)cc2c1)Oc1ccccc1. The van der Waals surface area contributed by atoms with Crippen LogP contribution in [0.3, 0.4) is 0 Å². The van der Waals surface area contributed by atoms with E-state index in [2.05, 4.69) is 15.4 Å². The Bertz CT molecular complexity index is 2070. The second kappa shape index (κ2) is 16.6. The number of hydrogen-bond acceptors (Lipinski definition) is 9. The van der Waals surface area contributed by atoms with E-state index in [0.29, 0.717) is 48.5 Å². The number of likely N-dealkylation sites (tertiary alicyclic amines) is 1. The smallest absolute Gasteiger partial charge is 0.323 e. The molecule has 3 amide bonds. The highest BCUT2D eigenvalue weighted by molar-refractivity contribution is 7.56. The summed E-state index contributed by atoms with van der Waals surface area (Å²) in [5.74, 6) is -0.430. The van der Waals surface area contributed by atoms with E-state index in [1.54, 1.807) is 55.3 Å². The van der Waals surface area contributed by atoms with Gasteiger partial charge in [0.25, 0.3) is 5.91 Å². The third-order valence-corrected chi connectivity index (χ3v) is 14.0. The minimum atomic E-state index is -3.69. The molecule has 1 unspecified atom stereocenters. The van der Waals surface area contributed by atoms with Crippen LogP contribution in [0.2, 0.25) is 0 Å². The Morgan fingerprint density at radius 3 is 2.55 bits per heavy atom. The molecule has 290 valence electrons. The average molecular weight is 786 g/mol. The maximum atomic E-state index is 14.4. The van der Waals surface area contributed by atoms with E-state index < -0.39 is 31.6 Å². The highest BCUT2D eigenvalue weighted by atomic mass is 32.1. The fraction of sp³-hybridized carbons (Fsp3) is 0.439. The third-order valence-electron chi connectivity index (χ3n) is 10.9.